The van der Waals surface area contributed by atoms with E-state index in [1.807, 2.05) is 13.8 Å². The van der Waals surface area contributed by atoms with Crippen LogP contribution in [-0.4, -0.2) is 48.6 Å². The van der Waals surface area contributed by atoms with E-state index in [4.69, 9.17) is 0 Å². The van der Waals surface area contributed by atoms with Crippen molar-refractivity contribution in [1.29, 1.82) is 0 Å². The molecule has 0 radical (unpaired) electrons. The molecule has 0 saturated carbocycles. The van der Waals surface area contributed by atoms with E-state index >= 15 is 0 Å². The number of amides is 2. The summed E-state index contributed by atoms with van der Waals surface area (Å²) in [5.41, 5.74) is 2.58. The van der Waals surface area contributed by atoms with E-state index in [0.717, 1.165) is 12.8 Å². The van der Waals surface area contributed by atoms with E-state index in [2.05, 4.69) is 15.3 Å². The molecule has 1 rings (SSSR count). The summed E-state index contributed by atoms with van der Waals surface area (Å²) in [7, 11) is 1.29. The zero-order chi connectivity index (χ0) is 15.8. The number of nitrogens with one attached hydrogen (secondary N) is 1. The zero-order valence-corrected chi connectivity index (χ0v) is 12.8. The first-order valence-electron chi connectivity index (χ1n) is 7.23. The van der Waals surface area contributed by atoms with Crippen LogP contribution in [0.4, 0.5) is 0 Å². The molecule has 7 heteroatoms. The monoisotopic (exact) mass is 297 g/mol. The third kappa shape index (κ3) is 5.17. The molecule has 0 atom stereocenters. The van der Waals surface area contributed by atoms with Gasteiger partial charge in [0, 0.05) is 19.4 Å². The molecule has 1 aliphatic rings. The largest absolute Gasteiger partial charge is 0.468 e. The van der Waals surface area contributed by atoms with Gasteiger partial charge in [-0.25, -0.2) is 5.43 Å². The number of esters is 1. The molecule has 0 aromatic carbocycles. The van der Waals surface area contributed by atoms with Gasteiger partial charge in [0.1, 0.15) is 12.3 Å². The Kier molecular flexibility index (Phi) is 6.84. The van der Waals surface area contributed by atoms with Gasteiger partial charge in [0.2, 0.25) is 5.91 Å². The molecule has 1 aliphatic heterocycles. The molecule has 0 aromatic heterocycles. The van der Waals surface area contributed by atoms with Crippen molar-refractivity contribution in [3.63, 3.8) is 0 Å². The summed E-state index contributed by atoms with van der Waals surface area (Å²) >= 11 is 0. The lowest BCUT2D eigenvalue weighted by Gasteiger charge is -2.26. The smallest absolute Gasteiger partial charge is 0.325 e. The quantitative estimate of drug-likeness (QED) is 0.700. The maximum Gasteiger partial charge on any atom is 0.325 e. The molecular formula is C14H23N3O4. The fourth-order valence-corrected chi connectivity index (χ4v) is 2.11. The van der Waals surface area contributed by atoms with Crippen molar-refractivity contribution in [2.45, 2.75) is 39.5 Å². The van der Waals surface area contributed by atoms with Gasteiger partial charge < -0.3 is 9.64 Å². The second-order valence-corrected chi connectivity index (χ2v) is 5.04. The Morgan fingerprint density at radius 1 is 1.33 bits per heavy atom. The molecule has 2 amide bonds. The molecule has 0 fully saturated rings. The highest BCUT2D eigenvalue weighted by molar-refractivity contribution is 6.39. The number of methoxy groups -OCH3 is 1. The highest BCUT2D eigenvalue weighted by Gasteiger charge is 2.26. The third-order valence-electron chi connectivity index (χ3n) is 3.62. The fourth-order valence-electron chi connectivity index (χ4n) is 2.11. The minimum Gasteiger partial charge on any atom is -0.468 e. The van der Waals surface area contributed by atoms with Crippen molar-refractivity contribution in [3.05, 3.63) is 0 Å². The first kappa shape index (κ1) is 17.1. The summed E-state index contributed by atoms with van der Waals surface area (Å²) in [5.74, 6) is -0.662. The van der Waals surface area contributed by atoms with E-state index in [-0.39, 0.29) is 30.5 Å². The Morgan fingerprint density at radius 3 is 2.48 bits per heavy atom. The highest BCUT2D eigenvalue weighted by atomic mass is 16.5. The highest BCUT2D eigenvalue weighted by Crippen LogP contribution is 2.12. The summed E-state index contributed by atoms with van der Waals surface area (Å²) in [6.07, 6.45) is 2.38. The van der Waals surface area contributed by atoms with Crippen molar-refractivity contribution in [2.24, 2.45) is 11.0 Å². The molecule has 1 heterocycles. The summed E-state index contributed by atoms with van der Waals surface area (Å²) in [4.78, 5) is 36.5. The molecule has 0 aromatic rings. The van der Waals surface area contributed by atoms with Gasteiger partial charge in [0.05, 0.1) is 7.11 Å². The Balaban J connectivity index is 2.81. The van der Waals surface area contributed by atoms with Crippen molar-refractivity contribution < 1.29 is 19.1 Å². The lowest BCUT2D eigenvalue weighted by atomic mass is 10.0. The number of hydrogen-bond donors (Lipinski definition) is 1. The number of ether oxygens (including phenoxy) is 1. The Bertz CT molecular complexity index is 430. The molecule has 7 nitrogen and oxygen atoms in total. The van der Waals surface area contributed by atoms with E-state index in [9.17, 15) is 14.4 Å². The number of rotatable bonds is 7. The molecule has 0 saturated heterocycles. The lowest BCUT2D eigenvalue weighted by molar-refractivity contribution is -0.145. The number of hydrogen-bond acceptors (Lipinski definition) is 5. The molecule has 1 N–H and O–H groups in total. The van der Waals surface area contributed by atoms with Crippen LogP contribution in [0.3, 0.4) is 0 Å². The van der Waals surface area contributed by atoms with Crippen LogP contribution < -0.4 is 5.43 Å². The Hall–Kier alpha value is -1.92. The SMILES string of the molecule is CCC(CC)CN(CC(=O)OC)C(=O)C1=NNC(=O)CC1. The van der Waals surface area contributed by atoms with Gasteiger partial charge >= 0.3 is 5.97 Å². The minimum absolute atomic E-state index is 0.0984. The summed E-state index contributed by atoms with van der Waals surface area (Å²) in [6, 6.07) is 0. The van der Waals surface area contributed by atoms with Crippen LogP contribution in [0.1, 0.15) is 39.5 Å². The predicted molar refractivity (Wildman–Crippen MR) is 77.5 cm³/mol. The fraction of sp³-hybridized carbons (Fsp3) is 0.714. The van der Waals surface area contributed by atoms with E-state index in [1.165, 1.54) is 12.0 Å². The molecule has 0 bridgehead atoms. The molecule has 118 valence electrons. The summed E-state index contributed by atoms with van der Waals surface area (Å²) in [6.45, 7) is 4.48. The van der Waals surface area contributed by atoms with Crippen molar-refractivity contribution in [3.8, 4) is 0 Å². The van der Waals surface area contributed by atoms with Crippen molar-refractivity contribution in [1.82, 2.24) is 10.3 Å². The first-order valence-corrected chi connectivity index (χ1v) is 7.23. The number of carbonyl (C=O) groups is 3. The molecule has 0 spiro atoms. The third-order valence-corrected chi connectivity index (χ3v) is 3.62. The maximum absolute atomic E-state index is 12.5. The van der Waals surface area contributed by atoms with Gasteiger partial charge in [-0.2, -0.15) is 5.10 Å². The van der Waals surface area contributed by atoms with Crippen molar-refractivity contribution in [2.75, 3.05) is 20.2 Å². The second-order valence-electron chi connectivity index (χ2n) is 5.04. The van der Waals surface area contributed by atoms with Gasteiger partial charge in [-0.1, -0.05) is 26.7 Å². The van der Waals surface area contributed by atoms with Gasteiger partial charge in [-0.3, -0.25) is 14.4 Å². The lowest BCUT2D eigenvalue weighted by Crippen LogP contribution is -2.44. The number of nitrogens with zero attached hydrogens (tertiary/aromatic N) is 2. The normalized spacial score (nSPS) is 14.5. The standard InChI is InChI=1S/C14H23N3O4/c1-4-10(5-2)8-17(9-13(19)21-3)14(20)11-6-7-12(18)16-15-11/h10H,4-9H2,1-3H3,(H,16,18). The Morgan fingerprint density at radius 2 is 2.00 bits per heavy atom. The van der Waals surface area contributed by atoms with Crippen LogP contribution in [-0.2, 0) is 19.1 Å². The van der Waals surface area contributed by atoms with Crippen LogP contribution >= 0.6 is 0 Å². The maximum atomic E-state index is 12.5. The van der Waals surface area contributed by atoms with E-state index in [0.29, 0.717) is 18.9 Å². The van der Waals surface area contributed by atoms with Crippen LogP contribution in [0, 0.1) is 5.92 Å². The summed E-state index contributed by atoms with van der Waals surface area (Å²) < 4.78 is 4.64. The molecular weight excluding hydrogens is 274 g/mol. The Labute approximate surface area is 124 Å². The first-order chi connectivity index (χ1) is 10.0. The van der Waals surface area contributed by atoms with Gasteiger partial charge in [-0.05, 0) is 5.92 Å². The van der Waals surface area contributed by atoms with Crippen LogP contribution in [0.5, 0.6) is 0 Å². The summed E-state index contributed by atoms with van der Waals surface area (Å²) in [5, 5.41) is 3.80. The van der Waals surface area contributed by atoms with Gasteiger partial charge in [0.25, 0.3) is 5.91 Å². The van der Waals surface area contributed by atoms with Crippen LogP contribution in [0.25, 0.3) is 0 Å². The second kappa shape index (κ2) is 8.39. The van der Waals surface area contributed by atoms with E-state index < -0.39 is 5.97 Å². The van der Waals surface area contributed by atoms with Gasteiger partial charge in [-0.15, -0.1) is 0 Å². The van der Waals surface area contributed by atoms with E-state index in [1.54, 1.807) is 0 Å². The van der Waals surface area contributed by atoms with Crippen LogP contribution in [0.2, 0.25) is 0 Å². The van der Waals surface area contributed by atoms with Gasteiger partial charge in [0.15, 0.2) is 0 Å². The molecule has 0 aliphatic carbocycles. The number of hydrazone groups is 1. The molecule has 0 unspecified atom stereocenters. The molecule has 21 heavy (non-hydrogen) atoms. The zero-order valence-electron chi connectivity index (χ0n) is 12.8. The average molecular weight is 297 g/mol. The van der Waals surface area contributed by atoms with Crippen LogP contribution in [0.15, 0.2) is 5.10 Å². The average Bonchev–Trinajstić information content (AvgIpc) is 2.51. The topological polar surface area (TPSA) is 88.1 Å². The number of carbonyl (C=O) groups excluding carboxylic acids is 3. The predicted octanol–water partition coefficient (Wildman–Crippen LogP) is 0.690. The van der Waals surface area contributed by atoms with Crippen molar-refractivity contribution >= 4 is 23.5 Å². The minimum atomic E-state index is -0.463.